The van der Waals surface area contributed by atoms with Crippen molar-refractivity contribution >= 4 is 57.4 Å². The molecule has 2 fully saturated rings. The highest BCUT2D eigenvalue weighted by molar-refractivity contribution is 8.25. The van der Waals surface area contributed by atoms with Gasteiger partial charge in [0.25, 0.3) is 5.91 Å². The number of rotatable bonds is 4. The van der Waals surface area contributed by atoms with Gasteiger partial charge in [-0.25, -0.2) is 0 Å². The van der Waals surface area contributed by atoms with Gasteiger partial charge in [0, 0.05) is 48.2 Å². The maximum atomic E-state index is 14.9. The van der Waals surface area contributed by atoms with Crippen LogP contribution in [0.25, 0.3) is 0 Å². The van der Waals surface area contributed by atoms with Gasteiger partial charge in [-0.3, -0.25) is 24.4 Å². The largest absolute Gasteiger partial charge is 0.497 e. The van der Waals surface area contributed by atoms with Crippen LogP contribution in [0.5, 0.6) is 5.75 Å². The number of aromatic nitrogens is 1. The molecule has 0 radical (unpaired) electrons. The predicted molar refractivity (Wildman–Crippen MR) is 153 cm³/mol. The van der Waals surface area contributed by atoms with E-state index in [4.69, 9.17) is 28.6 Å². The van der Waals surface area contributed by atoms with E-state index in [0.29, 0.717) is 22.4 Å². The van der Waals surface area contributed by atoms with Gasteiger partial charge in [0.05, 0.1) is 13.7 Å². The van der Waals surface area contributed by atoms with E-state index in [2.05, 4.69) is 4.98 Å². The molecule has 2 amide bonds. The van der Waals surface area contributed by atoms with Crippen molar-refractivity contribution in [2.24, 2.45) is 0 Å². The Bertz CT molecular complexity index is 1470. The Morgan fingerprint density at radius 3 is 2.47 bits per heavy atom. The Labute approximate surface area is 235 Å². The first kappa shape index (κ1) is 25.3. The maximum absolute atomic E-state index is 14.9. The van der Waals surface area contributed by atoms with Crippen molar-refractivity contribution in [2.45, 2.75) is 22.7 Å². The van der Waals surface area contributed by atoms with Crippen LogP contribution in [-0.4, -0.2) is 63.4 Å². The van der Waals surface area contributed by atoms with Crippen LogP contribution in [0.15, 0.2) is 67.0 Å². The summed E-state index contributed by atoms with van der Waals surface area (Å²) in [4.78, 5) is 38.8. The molecule has 194 valence electrons. The van der Waals surface area contributed by atoms with E-state index in [1.165, 1.54) is 11.8 Å². The molecule has 0 bridgehead atoms. The molecule has 38 heavy (non-hydrogen) atoms. The number of nitrogens with zero attached hydrogens (tertiary/aromatic N) is 4. The summed E-state index contributed by atoms with van der Waals surface area (Å²) < 4.78 is 4.49. The second-order valence-electron chi connectivity index (χ2n) is 9.79. The van der Waals surface area contributed by atoms with Crippen LogP contribution in [-0.2, 0) is 21.7 Å². The maximum Gasteiger partial charge on any atom is 0.254 e. The molecule has 6 rings (SSSR count). The Morgan fingerprint density at radius 1 is 1.08 bits per heavy atom. The molecule has 4 heterocycles. The first-order chi connectivity index (χ1) is 18.3. The first-order valence-electron chi connectivity index (χ1n) is 12.1. The molecule has 3 aliphatic rings. The van der Waals surface area contributed by atoms with E-state index in [1.807, 2.05) is 60.5 Å². The number of benzene rings is 2. The molecular weight excluding hydrogens is 540 g/mol. The van der Waals surface area contributed by atoms with Gasteiger partial charge < -0.3 is 9.64 Å². The Hall–Kier alpha value is -2.98. The highest BCUT2D eigenvalue weighted by atomic mass is 35.5. The number of hydrogen-bond acceptors (Lipinski definition) is 7. The summed E-state index contributed by atoms with van der Waals surface area (Å²) in [5.41, 5.74) is 2.03. The van der Waals surface area contributed by atoms with Crippen LogP contribution in [0, 0.1) is 0 Å². The van der Waals surface area contributed by atoms with Crippen LogP contribution in [0.1, 0.15) is 22.6 Å². The quantitative estimate of drug-likeness (QED) is 0.434. The molecule has 2 spiro atoms. The average molecular weight is 565 g/mol. The minimum Gasteiger partial charge on any atom is -0.497 e. The summed E-state index contributed by atoms with van der Waals surface area (Å²) in [7, 11) is 5.28. The van der Waals surface area contributed by atoms with E-state index in [1.54, 1.807) is 42.4 Å². The smallest absolute Gasteiger partial charge is 0.254 e. The number of halogens is 1. The number of amides is 2. The number of likely N-dealkylation sites (N-methyl/N-ethyl adjacent to an activating group) is 2. The molecule has 1 aromatic heterocycles. The molecule has 3 aromatic rings. The fraction of sp³-hybridized carbons (Fsp3) is 0.286. The van der Waals surface area contributed by atoms with Crippen LogP contribution in [0.3, 0.4) is 0 Å². The molecule has 0 saturated carbocycles. The lowest BCUT2D eigenvalue weighted by atomic mass is 9.72. The topological polar surface area (TPSA) is 66.0 Å². The predicted octanol–water partition coefficient (Wildman–Crippen LogP) is 4.44. The molecule has 0 N–H and O–H groups in total. The number of hydrogen-bond donors (Lipinski definition) is 0. The van der Waals surface area contributed by atoms with Crippen LogP contribution >= 0.6 is 35.6 Å². The number of anilines is 1. The third kappa shape index (κ3) is 3.25. The van der Waals surface area contributed by atoms with Crippen molar-refractivity contribution in [2.75, 3.05) is 32.6 Å². The van der Waals surface area contributed by atoms with Crippen LogP contribution < -0.4 is 9.64 Å². The van der Waals surface area contributed by atoms with Gasteiger partial charge in [-0.05, 0) is 60.6 Å². The van der Waals surface area contributed by atoms with Gasteiger partial charge in [-0.2, -0.15) is 0 Å². The summed E-state index contributed by atoms with van der Waals surface area (Å²) >= 11 is 13.7. The molecule has 2 aromatic carbocycles. The number of carbonyl (C=O) groups excluding carboxylic acids is 2. The molecule has 3 aliphatic heterocycles. The van der Waals surface area contributed by atoms with Crippen molar-refractivity contribution in [3.05, 3.63) is 88.7 Å². The molecule has 2 saturated heterocycles. The van der Waals surface area contributed by atoms with Gasteiger partial charge >= 0.3 is 0 Å². The molecule has 0 unspecified atom stereocenters. The Kier molecular flexibility index (Phi) is 6.03. The molecule has 0 aliphatic carbocycles. The second-order valence-corrected chi connectivity index (χ2v) is 12.1. The van der Waals surface area contributed by atoms with Gasteiger partial charge in [0.1, 0.15) is 14.8 Å². The number of methoxy groups -OCH3 is 1. The number of fused-ring (bicyclic) bond motifs is 3. The number of thiocarbonyl (C=S) groups is 1. The lowest BCUT2D eigenvalue weighted by Gasteiger charge is -2.42. The van der Waals surface area contributed by atoms with Gasteiger partial charge in [0.15, 0.2) is 5.54 Å². The molecular formula is C28H25ClN4O3S2. The highest BCUT2D eigenvalue weighted by Crippen LogP contribution is 2.66. The SMILES string of the molecule is COc1ccc(CN2C(=O)[C@@]3(SC2=S)[C@@H](c2ccncc2)CN(C)[C@]32C(=O)N(C)c3ccc(Cl)cc32)cc1. The van der Waals surface area contributed by atoms with Crippen molar-refractivity contribution in [1.29, 1.82) is 0 Å². The molecule has 3 atom stereocenters. The van der Waals surface area contributed by atoms with E-state index in [0.717, 1.165) is 28.1 Å². The highest BCUT2D eigenvalue weighted by Gasteiger charge is 2.78. The Morgan fingerprint density at radius 2 is 1.79 bits per heavy atom. The monoisotopic (exact) mass is 564 g/mol. The van der Waals surface area contributed by atoms with E-state index in [-0.39, 0.29) is 17.7 Å². The fourth-order valence-electron chi connectivity index (χ4n) is 6.32. The second kappa shape index (κ2) is 9.05. The van der Waals surface area contributed by atoms with Crippen molar-refractivity contribution in [3.8, 4) is 5.75 Å². The fourth-order valence-corrected chi connectivity index (χ4v) is 8.61. The summed E-state index contributed by atoms with van der Waals surface area (Å²) in [5.74, 6) is 0.0686. The van der Waals surface area contributed by atoms with Crippen molar-refractivity contribution < 1.29 is 14.3 Å². The first-order valence-corrected chi connectivity index (χ1v) is 13.7. The van der Waals surface area contributed by atoms with Crippen molar-refractivity contribution in [1.82, 2.24) is 14.8 Å². The minimum absolute atomic E-state index is 0.163. The number of likely N-dealkylation sites (tertiary alicyclic amines) is 1. The Balaban J connectivity index is 1.56. The van der Waals surface area contributed by atoms with Crippen molar-refractivity contribution in [3.63, 3.8) is 0 Å². The average Bonchev–Trinajstić information content (AvgIpc) is 3.43. The lowest BCUT2D eigenvalue weighted by molar-refractivity contribution is -0.139. The summed E-state index contributed by atoms with van der Waals surface area (Å²) in [5, 5.41) is 0.509. The lowest BCUT2D eigenvalue weighted by Crippen LogP contribution is -2.62. The number of ether oxygens (including phenoxy) is 1. The third-order valence-electron chi connectivity index (χ3n) is 8.02. The van der Waals surface area contributed by atoms with E-state index < -0.39 is 10.3 Å². The summed E-state index contributed by atoms with van der Waals surface area (Å²) in [6.07, 6.45) is 3.44. The zero-order valence-corrected chi connectivity index (χ0v) is 23.4. The van der Waals surface area contributed by atoms with E-state index in [9.17, 15) is 9.59 Å². The van der Waals surface area contributed by atoms with Crippen LogP contribution in [0.4, 0.5) is 5.69 Å². The number of thioether (sulfide) groups is 1. The number of pyridine rings is 1. The normalized spacial score (nSPS) is 26.7. The van der Waals surface area contributed by atoms with Gasteiger partial charge in [-0.1, -0.05) is 47.7 Å². The number of carbonyl (C=O) groups is 2. The molecule has 10 heteroatoms. The zero-order chi connectivity index (χ0) is 26.8. The molecule has 7 nitrogen and oxygen atoms in total. The zero-order valence-electron chi connectivity index (χ0n) is 21.1. The van der Waals surface area contributed by atoms with Gasteiger partial charge in [-0.15, -0.1) is 0 Å². The van der Waals surface area contributed by atoms with Gasteiger partial charge in [0.2, 0.25) is 5.91 Å². The minimum atomic E-state index is -1.30. The van der Waals surface area contributed by atoms with E-state index >= 15 is 0 Å². The summed E-state index contributed by atoms with van der Waals surface area (Å²) in [6, 6.07) is 16.9. The third-order valence-corrected chi connectivity index (χ3v) is 10.2. The summed E-state index contributed by atoms with van der Waals surface area (Å²) in [6.45, 7) is 0.777. The van der Waals surface area contributed by atoms with Crippen LogP contribution in [0.2, 0.25) is 5.02 Å². The standard InChI is InChI=1S/C28H25ClN4O3S2/c1-31-16-22(18-10-12-30-13-11-18)28(27(31)21-14-19(29)6-9-23(21)32(2)24(27)34)25(35)33(26(37)38-28)15-17-4-7-20(36-3)8-5-17/h4-14,22H,15-16H2,1-3H3/t22-,27-,28+/m1/s1.